The number of hydrogen-bond acceptors (Lipinski definition) is 3. The van der Waals surface area contributed by atoms with Crippen LogP contribution in [0.1, 0.15) is 20.3 Å². The summed E-state index contributed by atoms with van der Waals surface area (Å²) in [6, 6.07) is 0.335. The van der Waals surface area contributed by atoms with E-state index in [1.165, 1.54) is 6.33 Å². The number of H-pyrrole nitrogens is 1. The second-order valence-corrected chi connectivity index (χ2v) is 5.57. The van der Waals surface area contributed by atoms with Gasteiger partial charge in [0.2, 0.25) is 0 Å². The SMILES string of the molecule is CC(C)N(CCCBr)c1nc[nH]c(=O)c1I. The van der Waals surface area contributed by atoms with Crippen molar-refractivity contribution in [3.8, 4) is 0 Å². The summed E-state index contributed by atoms with van der Waals surface area (Å²) in [5.41, 5.74) is -0.0740. The van der Waals surface area contributed by atoms with Gasteiger partial charge in [0.15, 0.2) is 0 Å². The van der Waals surface area contributed by atoms with Gasteiger partial charge in [-0.1, -0.05) is 15.9 Å². The molecule has 0 unspecified atom stereocenters. The first-order valence-corrected chi connectivity index (χ1v) is 7.33. The first kappa shape index (κ1) is 14.0. The van der Waals surface area contributed by atoms with Gasteiger partial charge in [-0.3, -0.25) is 4.79 Å². The van der Waals surface area contributed by atoms with Crippen LogP contribution in [0.25, 0.3) is 0 Å². The lowest BCUT2D eigenvalue weighted by Crippen LogP contribution is -2.35. The van der Waals surface area contributed by atoms with Crippen LogP contribution in [0.2, 0.25) is 0 Å². The Hall–Kier alpha value is -0.110. The van der Waals surface area contributed by atoms with Crippen molar-refractivity contribution in [2.75, 3.05) is 16.8 Å². The van der Waals surface area contributed by atoms with Crippen LogP contribution in [0.4, 0.5) is 5.82 Å². The van der Waals surface area contributed by atoms with Crippen LogP contribution in [0.5, 0.6) is 0 Å². The van der Waals surface area contributed by atoms with E-state index in [9.17, 15) is 4.79 Å². The van der Waals surface area contributed by atoms with Gasteiger partial charge in [0.25, 0.3) is 5.56 Å². The monoisotopic (exact) mass is 399 g/mol. The quantitative estimate of drug-likeness (QED) is 0.610. The molecule has 1 heterocycles. The minimum Gasteiger partial charge on any atom is -0.353 e. The second-order valence-electron chi connectivity index (χ2n) is 3.70. The first-order valence-electron chi connectivity index (χ1n) is 5.13. The minimum absolute atomic E-state index is 0.0740. The van der Waals surface area contributed by atoms with Crippen LogP contribution < -0.4 is 10.5 Å². The highest BCUT2D eigenvalue weighted by atomic mass is 127. The average Bonchev–Trinajstić information content (AvgIpc) is 2.24. The Balaban J connectivity index is 3.01. The Kier molecular flexibility index (Phi) is 5.74. The molecule has 0 aliphatic carbocycles. The molecule has 1 aromatic rings. The topological polar surface area (TPSA) is 49.0 Å². The third-order valence-electron chi connectivity index (χ3n) is 2.21. The van der Waals surface area contributed by atoms with Crippen molar-refractivity contribution < 1.29 is 0 Å². The van der Waals surface area contributed by atoms with E-state index < -0.39 is 0 Å². The van der Waals surface area contributed by atoms with E-state index in [1.54, 1.807) is 0 Å². The van der Waals surface area contributed by atoms with E-state index in [4.69, 9.17) is 0 Å². The van der Waals surface area contributed by atoms with Crippen LogP contribution in [-0.4, -0.2) is 27.9 Å². The highest BCUT2D eigenvalue weighted by Gasteiger charge is 2.16. The van der Waals surface area contributed by atoms with Crippen molar-refractivity contribution in [2.24, 2.45) is 0 Å². The molecule has 0 radical (unpaired) electrons. The highest BCUT2D eigenvalue weighted by molar-refractivity contribution is 14.1. The summed E-state index contributed by atoms with van der Waals surface area (Å²) >= 11 is 5.46. The molecule has 0 amide bonds. The number of aromatic amines is 1. The van der Waals surface area contributed by atoms with Gasteiger partial charge < -0.3 is 9.88 Å². The molecule has 1 N–H and O–H groups in total. The number of alkyl halides is 1. The number of nitrogens with zero attached hydrogens (tertiary/aromatic N) is 2. The molecule has 0 aliphatic heterocycles. The third kappa shape index (κ3) is 3.44. The van der Waals surface area contributed by atoms with Crippen molar-refractivity contribution in [1.82, 2.24) is 9.97 Å². The molecule has 0 bridgehead atoms. The summed E-state index contributed by atoms with van der Waals surface area (Å²) in [6.07, 6.45) is 2.49. The Labute approximate surface area is 117 Å². The van der Waals surface area contributed by atoms with Crippen LogP contribution in [0.15, 0.2) is 11.1 Å². The van der Waals surface area contributed by atoms with Crippen LogP contribution in [0, 0.1) is 3.57 Å². The smallest absolute Gasteiger partial charge is 0.266 e. The van der Waals surface area contributed by atoms with Gasteiger partial charge in [-0.15, -0.1) is 0 Å². The zero-order valence-electron chi connectivity index (χ0n) is 9.33. The summed E-state index contributed by atoms with van der Waals surface area (Å²) < 4.78 is 0.656. The summed E-state index contributed by atoms with van der Waals surface area (Å²) in [6.45, 7) is 5.11. The van der Waals surface area contributed by atoms with Gasteiger partial charge in [0, 0.05) is 17.9 Å². The van der Waals surface area contributed by atoms with E-state index in [0.717, 1.165) is 24.1 Å². The fourth-order valence-electron chi connectivity index (χ4n) is 1.41. The maximum absolute atomic E-state index is 11.5. The summed E-state index contributed by atoms with van der Waals surface area (Å²) in [7, 11) is 0. The molecule has 0 spiro atoms. The maximum atomic E-state index is 11.5. The van der Waals surface area contributed by atoms with Gasteiger partial charge in [-0.05, 0) is 42.9 Å². The molecule has 1 rings (SSSR count). The van der Waals surface area contributed by atoms with Crippen LogP contribution in [-0.2, 0) is 0 Å². The van der Waals surface area contributed by atoms with Crippen LogP contribution in [0.3, 0.4) is 0 Å². The van der Waals surface area contributed by atoms with Crippen molar-refractivity contribution in [1.29, 1.82) is 0 Å². The molecule has 90 valence electrons. The van der Waals surface area contributed by atoms with Crippen molar-refractivity contribution >= 4 is 44.3 Å². The first-order chi connectivity index (χ1) is 7.57. The standard InChI is InChI=1S/C10H15BrIN3O/c1-7(2)15(5-3-4-11)9-8(12)10(16)14-6-13-9/h6-7H,3-5H2,1-2H3,(H,13,14,16). The van der Waals surface area contributed by atoms with E-state index in [1.807, 2.05) is 22.6 Å². The van der Waals surface area contributed by atoms with Crippen molar-refractivity contribution in [3.63, 3.8) is 0 Å². The Morgan fingerprint density at radius 2 is 2.31 bits per heavy atom. The number of rotatable bonds is 5. The fourth-order valence-corrected chi connectivity index (χ4v) is 2.27. The fraction of sp³-hybridized carbons (Fsp3) is 0.600. The van der Waals surface area contributed by atoms with Gasteiger partial charge in [-0.2, -0.15) is 0 Å². The number of aromatic nitrogens is 2. The summed E-state index contributed by atoms with van der Waals surface area (Å²) in [5, 5.41) is 0.954. The molecule has 1 aromatic heterocycles. The van der Waals surface area contributed by atoms with E-state index in [-0.39, 0.29) is 5.56 Å². The number of anilines is 1. The highest BCUT2D eigenvalue weighted by Crippen LogP contribution is 2.18. The maximum Gasteiger partial charge on any atom is 0.266 e. The lowest BCUT2D eigenvalue weighted by molar-refractivity contribution is 0.661. The lowest BCUT2D eigenvalue weighted by atomic mass is 10.3. The molecule has 4 nitrogen and oxygen atoms in total. The molecule has 0 saturated carbocycles. The van der Waals surface area contributed by atoms with Gasteiger partial charge in [-0.25, -0.2) is 4.98 Å². The zero-order chi connectivity index (χ0) is 12.1. The Morgan fingerprint density at radius 1 is 1.62 bits per heavy atom. The molecule has 0 saturated heterocycles. The van der Waals surface area contributed by atoms with Crippen molar-refractivity contribution in [3.05, 3.63) is 20.3 Å². The predicted octanol–water partition coefficient (Wildman–Crippen LogP) is 2.37. The summed E-state index contributed by atoms with van der Waals surface area (Å²) in [4.78, 5) is 20.5. The average molecular weight is 400 g/mol. The lowest BCUT2D eigenvalue weighted by Gasteiger charge is -2.28. The molecular formula is C10H15BrIN3O. The number of hydrogen-bond donors (Lipinski definition) is 1. The van der Waals surface area contributed by atoms with Gasteiger partial charge >= 0.3 is 0 Å². The minimum atomic E-state index is -0.0740. The molecule has 16 heavy (non-hydrogen) atoms. The zero-order valence-corrected chi connectivity index (χ0v) is 13.1. The molecular weight excluding hydrogens is 385 g/mol. The molecule has 0 aliphatic rings. The van der Waals surface area contributed by atoms with Gasteiger partial charge in [0.1, 0.15) is 9.39 Å². The second kappa shape index (κ2) is 6.58. The molecule has 0 aromatic carbocycles. The molecule has 0 fully saturated rings. The Morgan fingerprint density at radius 3 is 2.88 bits per heavy atom. The Bertz CT molecular complexity index is 394. The van der Waals surface area contributed by atoms with Crippen molar-refractivity contribution in [2.45, 2.75) is 26.3 Å². The molecule has 0 atom stereocenters. The number of halogens is 2. The van der Waals surface area contributed by atoms with Crippen LogP contribution >= 0.6 is 38.5 Å². The summed E-state index contributed by atoms with van der Waals surface area (Å²) in [5.74, 6) is 0.778. The third-order valence-corrected chi connectivity index (χ3v) is 3.74. The van der Waals surface area contributed by atoms with E-state index >= 15 is 0 Å². The van der Waals surface area contributed by atoms with E-state index in [0.29, 0.717) is 9.61 Å². The van der Waals surface area contributed by atoms with E-state index in [2.05, 4.69) is 44.6 Å². The molecule has 6 heteroatoms. The van der Waals surface area contributed by atoms with Gasteiger partial charge in [0.05, 0.1) is 6.33 Å². The normalized spacial score (nSPS) is 10.8. The largest absolute Gasteiger partial charge is 0.353 e. The number of nitrogens with one attached hydrogen (secondary N) is 1. The predicted molar refractivity (Wildman–Crippen MR) is 78.5 cm³/mol.